The van der Waals surface area contributed by atoms with E-state index in [1.54, 1.807) is 39.3 Å². The van der Waals surface area contributed by atoms with Crippen LogP contribution in [0.1, 0.15) is 56.8 Å². The molecule has 4 rings (SSSR count). The van der Waals surface area contributed by atoms with E-state index in [4.69, 9.17) is 19.2 Å². The molecule has 1 fully saturated rings. The van der Waals surface area contributed by atoms with E-state index >= 15 is 0 Å². The Morgan fingerprint density at radius 1 is 1.07 bits per heavy atom. The first-order valence-electron chi connectivity index (χ1n) is 14.4. The van der Waals surface area contributed by atoms with Crippen LogP contribution in [0.5, 0.6) is 5.75 Å². The van der Waals surface area contributed by atoms with Crippen molar-refractivity contribution < 1.29 is 32.6 Å². The van der Waals surface area contributed by atoms with Gasteiger partial charge in [-0.2, -0.15) is 8.78 Å². The van der Waals surface area contributed by atoms with E-state index in [-0.39, 0.29) is 23.8 Å². The smallest absolute Gasteiger partial charge is 0.407 e. The third kappa shape index (κ3) is 9.15. The SMILES string of the molecule is COCCn1c(-c2ccc(NC(=O)NCc3ccccc3)cc2OC(F)F)cnc1[C@H]1CC[C@H](NC(=O)OC(C)C)CC1. The summed E-state index contributed by atoms with van der Waals surface area (Å²) in [5.41, 5.74) is 2.24. The van der Waals surface area contributed by atoms with Gasteiger partial charge < -0.3 is 34.7 Å². The van der Waals surface area contributed by atoms with Gasteiger partial charge in [0.15, 0.2) is 0 Å². The Morgan fingerprint density at radius 2 is 1.81 bits per heavy atom. The first kappa shape index (κ1) is 31.7. The molecule has 3 N–H and O–H groups in total. The normalized spacial score (nSPS) is 16.6. The molecule has 1 aliphatic rings. The number of rotatable bonds is 12. The van der Waals surface area contributed by atoms with E-state index in [1.807, 2.05) is 34.9 Å². The Labute approximate surface area is 250 Å². The second kappa shape index (κ2) is 15.3. The fraction of sp³-hybridized carbons (Fsp3) is 0.452. The van der Waals surface area contributed by atoms with Crippen LogP contribution in [0.2, 0.25) is 0 Å². The summed E-state index contributed by atoms with van der Waals surface area (Å²) in [7, 11) is 1.60. The van der Waals surface area contributed by atoms with Crippen LogP contribution in [0, 0.1) is 0 Å². The highest BCUT2D eigenvalue weighted by atomic mass is 19.3. The summed E-state index contributed by atoms with van der Waals surface area (Å²) in [6.45, 7) is 1.70. The number of nitrogens with zero attached hydrogens (tertiary/aromatic N) is 2. The highest BCUT2D eigenvalue weighted by Crippen LogP contribution is 2.38. The number of alkyl halides is 2. The molecule has 1 heterocycles. The summed E-state index contributed by atoms with van der Waals surface area (Å²) in [6, 6.07) is 13.6. The molecule has 10 nitrogen and oxygen atoms in total. The van der Waals surface area contributed by atoms with E-state index in [1.165, 1.54) is 6.07 Å². The van der Waals surface area contributed by atoms with Gasteiger partial charge in [0, 0.05) is 49.5 Å². The van der Waals surface area contributed by atoms with Gasteiger partial charge in [-0.05, 0) is 57.2 Å². The number of imidazole rings is 1. The van der Waals surface area contributed by atoms with Crippen LogP contribution in [-0.2, 0) is 22.6 Å². The predicted octanol–water partition coefficient (Wildman–Crippen LogP) is 6.28. The summed E-state index contributed by atoms with van der Waals surface area (Å²) in [4.78, 5) is 29.2. The molecule has 0 radical (unpaired) electrons. The minimum Gasteiger partial charge on any atom is -0.447 e. The van der Waals surface area contributed by atoms with Crippen LogP contribution >= 0.6 is 0 Å². The molecule has 1 aromatic heterocycles. The second-order valence-corrected chi connectivity index (χ2v) is 10.7. The average Bonchev–Trinajstić information content (AvgIpc) is 3.38. The van der Waals surface area contributed by atoms with Gasteiger partial charge in [-0.25, -0.2) is 14.6 Å². The third-order valence-electron chi connectivity index (χ3n) is 7.19. The summed E-state index contributed by atoms with van der Waals surface area (Å²) in [6.07, 6.45) is 4.15. The standard InChI is InChI=1S/C31H39F2N5O5/c1-20(2)42-31(40)37-23-11-9-22(10-12-23)28-34-19-26(38(28)15-16-41-3)25-14-13-24(17-27(25)43-29(32)33)36-30(39)35-18-21-7-5-4-6-8-21/h4-8,13-14,17,19-20,22-23,29H,9-12,15-16,18H2,1-3H3,(H,37,40)(H2,35,36,39)/t22-,23-. The van der Waals surface area contributed by atoms with Crippen molar-refractivity contribution in [1.82, 2.24) is 20.2 Å². The lowest BCUT2D eigenvalue weighted by molar-refractivity contribution is -0.0494. The maximum Gasteiger partial charge on any atom is 0.407 e. The number of hydrogen-bond acceptors (Lipinski definition) is 6. The van der Waals surface area contributed by atoms with Crippen LogP contribution in [0.3, 0.4) is 0 Å². The molecule has 3 aromatic rings. The van der Waals surface area contributed by atoms with Gasteiger partial charge in [0.2, 0.25) is 0 Å². The van der Waals surface area contributed by atoms with E-state index in [0.29, 0.717) is 36.6 Å². The zero-order valence-corrected chi connectivity index (χ0v) is 24.6. The van der Waals surface area contributed by atoms with Gasteiger partial charge in [0.25, 0.3) is 0 Å². The Hall–Kier alpha value is -4.19. The maximum absolute atomic E-state index is 13.5. The molecule has 0 unspecified atom stereocenters. The van der Waals surface area contributed by atoms with Gasteiger partial charge in [-0.3, -0.25) is 0 Å². The molecule has 2 aromatic carbocycles. The largest absolute Gasteiger partial charge is 0.447 e. The zero-order valence-electron chi connectivity index (χ0n) is 24.6. The molecule has 1 aliphatic carbocycles. The fourth-order valence-electron chi connectivity index (χ4n) is 5.22. The number of nitrogens with one attached hydrogen (secondary N) is 3. The van der Waals surface area contributed by atoms with Crippen molar-refractivity contribution in [2.45, 2.75) is 77.3 Å². The lowest BCUT2D eigenvalue weighted by atomic mass is 9.85. The lowest BCUT2D eigenvalue weighted by Gasteiger charge is -2.29. The van der Waals surface area contributed by atoms with Gasteiger partial charge in [0.1, 0.15) is 11.6 Å². The van der Waals surface area contributed by atoms with Crippen molar-refractivity contribution in [1.29, 1.82) is 0 Å². The maximum atomic E-state index is 13.5. The number of methoxy groups -OCH3 is 1. The fourth-order valence-corrected chi connectivity index (χ4v) is 5.22. The molecule has 12 heteroatoms. The van der Waals surface area contributed by atoms with Crippen molar-refractivity contribution in [3.8, 4) is 17.0 Å². The molecule has 0 bridgehead atoms. The number of alkyl carbamates (subject to hydrolysis) is 1. The second-order valence-electron chi connectivity index (χ2n) is 10.7. The Balaban J connectivity index is 1.51. The zero-order chi connectivity index (χ0) is 30.8. The highest BCUT2D eigenvalue weighted by molar-refractivity contribution is 5.90. The number of anilines is 1. The topological polar surface area (TPSA) is 116 Å². The number of amides is 3. The van der Waals surface area contributed by atoms with Crippen LogP contribution in [0.25, 0.3) is 11.3 Å². The minimum absolute atomic E-state index is 0.0142. The number of carbonyl (C=O) groups excluding carboxylic acids is 2. The molecular weight excluding hydrogens is 560 g/mol. The summed E-state index contributed by atoms with van der Waals surface area (Å²) in [5.74, 6) is 0.844. The minimum atomic E-state index is -3.07. The van der Waals surface area contributed by atoms with Crippen LogP contribution in [0.15, 0.2) is 54.7 Å². The predicted molar refractivity (Wildman–Crippen MR) is 158 cm³/mol. The third-order valence-corrected chi connectivity index (χ3v) is 7.19. The summed E-state index contributed by atoms with van der Waals surface area (Å²) >= 11 is 0. The average molecular weight is 600 g/mol. The van der Waals surface area contributed by atoms with Crippen LogP contribution < -0.4 is 20.7 Å². The van der Waals surface area contributed by atoms with Crippen molar-refractivity contribution in [3.63, 3.8) is 0 Å². The van der Waals surface area contributed by atoms with Crippen LogP contribution in [0.4, 0.5) is 24.1 Å². The van der Waals surface area contributed by atoms with Crippen molar-refractivity contribution in [2.24, 2.45) is 0 Å². The first-order valence-corrected chi connectivity index (χ1v) is 14.4. The van der Waals surface area contributed by atoms with E-state index in [9.17, 15) is 18.4 Å². The molecule has 43 heavy (non-hydrogen) atoms. The number of carbonyl (C=O) groups is 2. The van der Waals surface area contributed by atoms with E-state index < -0.39 is 18.7 Å². The number of hydrogen-bond donors (Lipinski definition) is 3. The first-order chi connectivity index (χ1) is 20.7. The van der Waals surface area contributed by atoms with E-state index in [2.05, 4.69) is 16.0 Å². The summed E-state index contributed by atoms with van der Waals surface area (Å²) < 4.78 is 44.5. The quantitative estimate of drug-likeness (QED) is 0.226. The monoisotopic (exact) mass is 599 g/mol. The van der Waals surface area contributed by atoms with Gasteiger partial charge >= 0.3 is 18.7 Å². The number of urea groups is 1. The Bertz CT molecular complexity index is 1340. The van der Waals surface area contributed by atoms with Crippen LogP contribution in [-0.4, -0.2) is 54.1 Å². The molecule has 1 saturated carbocycles. The Kier molecular flexibility index (Phi) is 11.3. The van der Waals surface area contributed by atoms with E-state index in [0.717, 1.165) is 37.1 Å². The number of aromatic nitrogens is 2. The molecule has 0 spiro atoms. The number of halogens is 2. The molecular formula is C31H39F2N5O5. The number of ether oxygens (including phenoxy) is 3. The van der Waals surface area contributed by atoms with Gasteiger partial charge in [0.05, 0.1) is 24.6 Å². The highest BCUT2D eigenvalue weighted by Gasteiger charge is 2.28. The molecule has 3 amide bonds. The molecule has 0 aliphatic heterocycles. The van der Waals surface area contributed by atoms with Crippen molar-refractivity contribution in [2.75, 3.05) is 19.0 Å². The van der Waals surface area contributed by atoms with Gasteiger partial charge in [-0.15, -0.1) is 0 Å². The Morgan fingerprint density at radius 3 is 2.49 bits per heavy atom. The molecule has 0 saturated heterocycles. The van der Waals surface area contributed by atoms with Crippen molar-refractivity contribution >= 4 is 17.8 Å². The molecule has 0 atom stereocenters. The van der Waals surface area contributed by atoms with Crippen molar-refractivity contribution in [3.05, 3.63) is 66.1 Å². The lowest BCUT2D eigenvalue weighted by Crippen LogP contribution is -2.38. The van der Waals surface area contributed by atoms with Gasteiger partial charge in [-0.1, -0.05) is 30.3 Å². The summed E-state index contributed by atoms with van der Waals surface area (Å²) in [5, 5.41) is 8.36. The molecule has 232 valence electrons. The number of benzene rings is 2.